The SMILES string of the molecule is NC(=NO)c1cc(NS(=O)(=O)c2ccccc2)ccc1F. The quantitative estimate of drug-likeness (QED) is 0.346. The Labute approximate surface area is 120 Å². The summed E-state index contributed by atoms with van der Waals surface area (Å²) >= 11 is 0. The second-order valence-electron chi connectivity index (χ2n) is 4.10. The Morgan fingerprint density at radius 1 is 1.19 bits per heavy atom. The number of anilines is 1. The van der Waals surface area contributed by atoms with E-state index in [1.54, 1.807) is 18.2 Å². The molecule has 0 aliphatic carbocycles. The molecule has 2 aromatic carbocycles. The van der Waals surface area contributed by atoms with Gasteiger partial charge in [0.25, 0.3) is 10.0 Å². The molecule has 0 saturated carbocycles. The van der Waals surface area contributed by atoms with Gasteiger partial charge in [-0.1, -0.05) is 23.4 Å². The maximum Gasteiger partial charge on any atom is 0.261 e. The fraction of sp³-hybridized carbons (Fsp3) is 0. The van der Waals surface area contributed by atoms with Gasteiger partial charge in [0, 0.05) is 5.69 Å². The fourth-order valence-electron chi connectivity index (χ4n) is 1.65. The van der Waals surface area contributed by atoms with Crippen molar-refractivity contribution < 1.29 is 18.0 Å². The molecule has 21 heavy (non-hydrogen) atoms. The lowest BCUT2D eigenvalue weighted by molar-refractivity contribution is 0.318. The van der Waals surface area contributed by atoms with Crippen molar-refractivity contribution in [3.8, 4) is 0 Å². The first-order valence-electron chi connectivity index (χ1n) is 5.79. The average Bonchev–Trinajstić information content (AvgIpc) is 2.49. The number of hydrogen-bond donors (Lipinski definition) is 3. The van der Waals surface area contributed by atoms with Crippen molar-refractivity contribution in [3.63, 3.8) is 0 Å². The van der Waals surface area contributed by atoms with Crippen molar-refractivity contribution in [2.45, 2.75) is 4.90 Å². The number of rotatable bonds is 4. The number of benzene rings is 2. The Hall–Kier alpha value is -2.61. The molecule has 4 N–H and O–H groups in total. The molecular weight excluding hydrogens is 297 g/mol. The van der Waals surface area contributed by atoms with Crippen molar-refractivity contribution >= 4 is 21.5 Å². The molecule has 0 aliphatic heterocycles. The van der Waals surface area contributed by atoms with Crippen LogP contribution in [0.5, 0.6) is 0 Å². The maximum atomic E-state index is 13.5. The largest absolute Gasteiger partial charge is 0.409 e. The molecule has 0 radical (unpaired) electrons. The van der Waals surface area contributed by atoms with Gasteiger partial charge in [-0.2, -0.15) is 0 Å². The average molecular weight is 309 g/mol. The van der Waals surface area contributed by atoms with E-state index in [1.807, 2.05) is 0 Å². The Morgan fingerprint density at radius 2 is 1.86 bits per heavy atom. The van der Waals surface area contributed by atoms with Crippen LogP contribution in [-0.2, 0) is 10.0 Å². The lowest BCUT2D eigenvalue weighted by Crippen LogP contribution is -2.17. The summed E-state index contributed by atoms with van der Waals surface area (Å²) in [5.41, 5.74) is 5.22. The summed E-state index contributed by atoms with van der Waals surface area (Å²) in [7, 11) is -3.79. The zero-order valence-corrected chi connectivity index (χ0v) is 11.5. The van der Waals surface area contributed by atoms with E-state index in [0.717, 1.165) is 12.1 Å². The van der Waals surface area contributed by atoms with Crippen molar-refractivity contribution in [1.82, 2.24) is 0 Å². The zero-order valence-electron chi connectivity index (χ0n) is 10.7. The summed E-state index contributed by atoms with van der Waals surface area (Å²) < 4.78 is 40.1. The van der Waals surface area contributed by atoms with Crippen LogP contribution in [0.4, 0.5) is 10.1 Å². The van der Waals surface area contributed by atoms with E-state index in [4.69, 9.17) is 10.9 Å². The summed E-state index contributed by atoms with van der Waals surface area (Å²) in [6.45, 7) is 0. The highest BCUT2D eigenvalue weighted by Gasteiger charge is 2.15. The smallest absolute Gasteiger partial charge is 0.261 e. The third-order valence-corrected chi connectivity index (χ3v) is 4.05. The van der Waals surface area contributed by atoms with Crippen LogP contribution in [-0.4, -0.2) is 19.5 Å². The molecule has 2 aromatic rings. The lowest BCUT2D eigenvalue weighted by atomic mass is 10.2. The van der Waals surface area contributed by atoms with Gasteiger partial charge in [-0.3, -0.25) is 4.72 Å². The van der Waals surface area contributed by atoms with Gasteiger partial charge in [0.2, 0.25) is 0 Å². The molecular formula is C13H12FN3O3S. The van der Waals surface area contributed by atoms with E-state index in [2.05, 4.69) is 9.88 Å². The molecule has 0 unspecified atom stereocenters. The van der Waals surface area contributed by atoms with Crippen molar-refractivity contribution in [2.24, 2.45) is 10.9 Å². The highest BCUT2D eigenvalue weighted by Crippen LogP contribution is 2.19. The number of hydrogen-bond acceptors (Lipinski definition) is 4. The van der Waals surface area contributed by atoms with Crippen molar-refractivity contribution in [3.05, 3.63) is 59.9 Å². The zero-order chi connectivity index (χ0) is 15.5. The molecule has 0 heterocycles. The van der Waals surface area contributed by atoms with Crippen LogP contribution >= 0.6 is 0 Å². The van der Waals surface area contributed by atoms with E-state index in [0.29, 0.717) is 0 Å². The predicted octanol–water partition coefficient (Wildman–Crippen LogP) is 1.72. The number of amidine groups is 1. The number of oxime groups is 1. The third-order valence-electron chi connectivity index (χ3n) is 2.66. The van der Waals surface area contributed by atoms with Gasteiger partial charge in [-0.15, -0.1) is 0 Å². The molecule has 0 aliphatic rings. The molecule has 0 aromatic heterocycles. The Bertz CT molecular complexity index is 777. The number of nitrogens with one attached hydrogen (secondary N) is 1. The first kappa shape index (κ1) is 14.8. The molecule has 0 atom stereocenters. The van der Waals surface area contributed by atoms with Gasteiger partial charge >= 0.3 is 0 Å². The van der Waals surface area contributed by atoms with Crippen molar-refractivity contribution in [1.29, 1.82) is 0 Å². The Kier molecular flexibility index (Phi) is 4.08. The molecule has 2 rings (SSSR count). The summed E-state index contributed by atoms with van der Waals surface area (Å²) in [5, 5.41) is 11.3. The molecule has 0 fully saturated rings. The summed E-state index contributed by atoms with van der Waals surface area (Å²) in [5.74, 6) is -1.18. The van der Waals surface area contributed by atoms with Crippen LogP contribution in [0.2, 0.25) is 0 Å². The lowest BCUT2D eigenvalue weighted by Gasteiger charge is -2.09. The normalized spacial score (nSPS) is 12.1. The second kappa shape index (κ2) is 5.80. The molecule has 0 amide bonds. The summed E-state index contributed by atoms with van der Waals surface area (Å²) in [6, 6.07) is 11.1. The first-order valence-corrected chi connectivity index (χ1v) is 7.27. The van der Waals surface area contributed by atoms with Gasteiger partial charge in [0.05, 0.1) is 10.5 Å². The van der Waals surface area contributed by atoms with Gasteiger partial charge in [-0.25, -0.2) is 12.8 Å². The van der Waals surface area contributed by atoms with Gasteiger partial charge in [0.15, 0.2) is 5.84 Å². The summed E-state index contributed by atoms with van der Waals surface area (Å²) in [4.78, 5) is 0.0691. The van der Waals surface area contributed by atoms with Crippen LogP contribution < -0.4 is 10.5 Å². The van der Waals surface area contributed by atoms with E-state index in [9.17, 15) is 12.8 Å². The minimum Gasteiger partial charge on any atom is -0.409 e. The van der Waals surface area contributed by atoms with Gasteiger partial charge < -0.3 is 10.9 Å². The highest BCUT2D eigenvalue weighted by atomic mass is 32.2. The Morgan fingerprint density at radius 3 is 2.48 bits per heavy atom. The Balaban J connectivity index is 2.37. The van der Waals surface area contributed by atoms with Crippen LogP contribution in [0.25, 0.3) is 0 Å². The number of halogens is 1. The van der Waals surface area contributed by atoms with E-state index < -0.39 is 21.7 Å². The molecule has 0 saturated heterocycles. The molecule has 110 valence electrons. The molecule has 8 heteroatoms. The van der Waals surface area contributed by atoms with Gasteiger partial charge in [-0.05, 0) is 30.3 Å². The minimum atomic E-state index is -3.79. The van der Waals surface area contributed by atoms with Crippen LogP contribution in [0.15, 0.2) is 58.6 Å². The minimum absolute atomic E-state index is 0.0691. The van der Waals surface area contributed by atoms with Crippen LogP contribution in [0.1, 0.15) is 5.56 Å². The highest BCUT2D eigenvalue weighted by molar-refractivity contribution is 7.92. The topological polar surface area (TPSA) is 105 Å². The van der Waals surface area contributed by atoms with E-state index in [1.165, 1.54) is 18.2 Å². The summed E-state index contributed by atoms with van der Waals surface area (Å²) in [6.07, 6.45) is 0. The number of nitrogens with two attached hydrogens (primary N) is 1. The van der Waals surface area contributed by atoms with Crippen LogP contribution in [0, 0.1) is 5.82 Å². The monoisotopic (exact) mass is 309 g/mol. The van der Waals surface area contributed by atoms with Crippen LogP contribution in [0.3, 0.4) is 0 Å². The second-order valence-corrected chi connectivity index (χ2v) is 5.78. The fourth-order valence-corrected chi connectivity index (χ4v) is 2.72. The standard InChI is InChI=1S/C13H12FN3O3S/c14-12-7-6-9(8-11(12)13(15)16-18)17-21(19,20)10-4-2-1-3-5-10/h1-8,17-18H,(H2,15,16). The molecule has 6 nitrogen and oxygen atoms in total. The third kappa shape index (κ3) is 3.29. The number of nitrogens with zero attached hydrogens (tertiary/aromatic N) is 1. The first-order chi connectivity index (χ1) is 9.94. The van der Waals surface area contributed by atoms with Crippen molar-refractivity contribution in [2.75, 3.05) is 4.72 Å². The number of sulfonamides is 1. The molecule has 0 bridgehead atoms. The molecule has 0 spiro atoms. The maximum absolute atomic E-state index is 13.5. The van der Waals surface area contributed by atoms with E-state index >= 15 is 0 Å². The van der Waals surface area contributed by atoms with E-state index in [-0.39, 0.29) is 16.1 Å². The van der Waals surface area contributed by atoms with Gasteiger partial charge in [0.1, 0.15) is 5.82 Å². The predicted molar refractivity (Wildman–Crippen MR) is 76.2 cm³/mol.